The van der Waals surface area contributed by atoms with E-state index in [1.807, 2.05) is 0 Å². The fraction of sp³-hybridized carbons (Fsp3) is 1.00. The van der Waals surface area contributed by atoms with Crippen LogP contribution in [-0.4, -0.2) is 77.8 Å². The van der Waals surface area contributed by atoms with Crippen molar-refractivity contribution >= 4 is 0 Å². The van der Waals surface area contributed by atoms with Gasteiger partial charge in [0.2, 0.25) is 0 Å². The first kappa shape index (κ1) is 28.8. The molecule has 0 aromatic rings. The highest BCUT2D eigenvalue weighted by atomic mass is 19.4. The van der Waals surface area contributed by atoms with Crippen molar-refractivity contribution in [3.05, 3.63) is 0 Å². The van der Waals surface area contributed by atoms with Crippen molar-refractivity contribution in [2.45, 2.75) is 54.2 Å². The minimum Gasteiger partial charge on any atom is -0.394 e. The van der Waals surface area contributed by atoms with Gasteiger partial charge < -0.3 is 14.9 Å². The number of ether oxygens (including phenoxy) is 1. The van der Waals surface area contributed by atoms with E-state index < -0.39 is 74.1 Å². The number of aliphatic hydroxyl groups is 2. The fourth-order valence-electron chi connectivity index (χ4n) is 1.79. The monoisotopic (exact) mass is 488 g/mol. The molecule has 0 aliphatic heterocycles. The van der Waals surface area contributed by atoms with E-state index in [1.54, 1.807) is 0 Å². The lowest BCUT2D eigenvalue weighted by molar-refractivity contribution is -0.457. The Morgan fingerprint density at radius 1 is 0.633 bits per heavy atom. The van der Waals surface area contributed by atoms with Gasteiger partial charge in [0.05, 0.1) is 19.8 Å². The minimum absolute atomic E-state index is 1.07. The van der Waals surface area contributed by atoms with Gasteiger partial charge in [0, 0.05) is 6.42 Å². The van der Waals surface area contributed by atoms with Crippen LogP contribution in [0.2, 0.25) is 0 Å². The summed E-state index contributed by atoms with van der Waals surface area (Å²) in [5.74, 6) is -30.7. The molecule has 0 aromatic heterocycles. The van der Waals surface area contributed by atoms with E-state index in [-0.39, 0.29) is 0 Å². The van der Waals surface area contributed by atoms with E-state index in [4.69, 9.17) is 10.2 Å². The van der Waals surface area contributed by atoms with Crippen LogP contribution < -0.4 is 0 Å². The molecule has 0 saturated heterocycles. The number of rotatable bonds is 10. The molecule has 0 bridgehead atoms. The second-order valence-electron chi connectivity index (χ2n) is 5.74. The molecule has 0 heterocycles. The summed E-state index contributed by atoms with van der Waals surface area (Å²) in [5, 5.41) is 17.1. The van der Waals surface area contributed by atoms with Gasteiger partial charge in [0.15, 0.2) is 0 Å². The molecule has 1 atom stereocenters. The molecule has 2 N–H and O–H groups in total. The Balaban J connectivity index is 6.10. The van der Waals surface area contributed by atoms with Gasteiger partial charge in [-0.3, -0.25) is 0 Å². The maximum absolute atomic E-state index is 13.4. The summed E-state index contributed by atoms with van der Waals surface area (Å²) < 4.78 is 198. The van der Waals surface area contributed by atoms with Crippen molar-refractivity contribution in [2.24, 2.45) is 0 Å². The summed E-state index contributed by atoms with van der Waals surface area (Å²) in [7, 11) is 0. The third-order valence-corrected chi connectivity index (χ3v) is 3.54. The lowest BCUT2D eigenvalue weighted by atomic mass is 9.85. The second kappa shape index (κ2) is 8.40. The van der Waals surface area contributed by atoms with Crippen LogP contribution in [0, 0.1) is 0 Å². The van der Waals surface area contributed by atoms with E-state index in [2.05, 4.69) is 4.74 Å². The van der Waals surface area contributed by atoms with E-state index >= 15 is 0 Å². The van der Waals surface area contributed by atoms with Gasteiger partial charge in [-0.25, -0.2) is 4.39 Å². The van der Waals surface area contributed by atoms with Crippen LogP contribution in [0.15, 0.2) is 0 Å². The van der Waals surface area contributed by atoms with Crippen molar-refractivity contribution < 1.29 is 80.8 Å². The van der Waals surface area contributed by atoms with Crippen molar-refractivity contribution in [2.75, 3.05) is 19.8 Å². The first-order valence-electron chi connectivity index (χ1n) is 7.16. The quantitative estimate of drug-likeness (QED) is 0.360. The smallest absolute Gasteiger partial charge is 0.394 e. The van der Waals surface area contributed by atoms with Crippen LogP contribution in [0.5, 0.6) is 0 Å². The largest absolute Gasteiger partial charge is 0.438 e. The molecule has 0 spiro atoms. The van der Waals surface area contributed by atoms with E-state index in [1.165, 1.54) is 0 Å². The number of aliphatic hydroxyl groups excluding tert-OH is 2. The summed E-state index contributed by atoms with van der Waals surface area (Å²) in [4.78, 5) is 0. The predicted molar refractivity (Wildman–Crippen MR) is 64.3 cm³/mol. The predicted octanol–water partition coefficient (Wildman–Crippen LogP) is 4.12. The van der Waals surface area contributed by atoms with Crippen LogP contribution in [0.25, 0.3) is 0 Å². The zero-order valence-corrected chi connectivity index (χ0v) is 13.9. The Kier molecular flexibility index (Phi) is 8.07. The zero-order valence-electron chi connectivity index (χ0n) is 13.9. The molecule has 0 rings (SSSR count). The van der Waals surface area contributed by atoms with E-state index in [9.17, 15) is 65.9 Å². The lowest BCUT2D eigenvalue weighted by Crippen LogP contribution is -2.75. The van der Waals surface area contributed by atoms with E-state index in [0.717, 1.165) is 0 Å². The zero-order chi connectivity index (χ0) is 24.6. The van der Waals surface area contributed by atoms with Crippen LogP contribution >= 0.6 is 0 Å². The highest BCUT2D eigenvalue weighted by molar-refractivity contribution is 5.16. The Labute approximate surface area is 156 Å². The second-order valence-corrected chi connectivity index (χ2v) is 5.74. The standard InChI is InChI=1S/C12H11F15O3/c13-6(14,1-2-30-4-5(29)3-28)8(16,17)10(20,21)9(18,19)7(15,11(22,23)24)12(25,26)27/h5,28-29H,1-4H2. The molecule has 1 unspecified atom stereocenters. The highest BCUT2D eigenvalue weighted by Gasteiger charge is 2.95. The maximum atomic E-state index is 13.4. The van der Waals surface area contributed by atoms with Crippen LogP contribution in [0.3, 0.4) is 0 Å². The molecule has 0 radical (unpaired) electrons. The summed E-state index contributed by atoms with van der Waals surface area (Å²) in [6.07, 6.45) is -20.4. The Hall–Kier alpha value is -1.17. The highest BCUT2D eigenvalue weighted by Crippen LogP contribution is 2.64. The maximum Gasteiger partial charge on any atom is 0.438 e. The average Bonchev–Trinajstić information content (AvgIpc) is 2.54. The van der Waals surface area contributed by atoms with Gasteiger partial charge >= 0.3 is 41.7 Å². The van der Waals surface area contributed by atoms with Gasteiger partial charge in [0.25, 0.3) is 0 Å². The summed E-state index contributed by atoms with van der Waals surface area (Å²) >= 11 is 0. The van der Waals surface area contributed by atoms with Crippen LogP contribution in [-0.2, 0) is 4.74 Å². The molecule has 30 heavy (non-hydrogen) atoms. The number of hydrogen-bond acceptors (Lipinski definition) is 3. The molecule has 18 heteroatoms. The lowest BCUT2D eigenvalue weighted by Gasteiger charge is -2.43. The Bertz CT molecular complexity index is 554. The number of halogens is 15. The molecule has 0 fully saturated rings. The first-order valence-corrected chi connectivity index (χ1v) is 7.16. The van der Waals surface area contributed by atoms with Gasteiger partial charge in [0.1, 0.15) is 6.10 Å². The van der Waals surface area contributed by atoms with Crippen molar-refractivity contribution in [3.8, 4) is 0 Å². The fourth-order valence-corrected chi connectivity index (χ4v) is 1.79. The topological polar surface area (TPSA) is 49.7 Å². The third-order valence-electron chi connectivity index (χ3n) is 3.54. The summed E-state index contributed by atoms with van der Waals surface area (Å²) in [6.45, 7) is -3.91. The van der Waals surface area contributed by atoms with Gasteiger partial charge in [-0.1, -0.05) is 0 Å². The van der Waals surface area contributed by atoms with Crippen molar-refractivity contribution in [1.82, 2.24) is 0 Å². The first-order chi connectivity index (χ1) is 13.0. The van der Waals surface area contributed by atoms with E-state index in [0.29, 0.717) is 0 Å². The molecule has 0 saturated carbocycles. The van der Waals surface area contributed by atoms with Crippen LogP contribution in [0.1, 0.15) is 6.42 Å². The van der Waals surface area contributed by atoms with Gasteiger partial charge in [-0.05, 0) is 0 Å². The summed E-state index contributed by atoms with van der Waals surface area (Å²) in [5.41, 5.74) is -8.32. The molecule has 182 valence electrons. The minimum atomic E-state index is -8.45. The normalized spacial score (nSPS) is 16.7. The van der Waals surface area contributed by atoms with Crippen molar-refractivity contribution in [3.63, 3.8) is 0 Å². The molecule has 0 aromatic carbocycles. The molecular formula is C12H11F15O3. The van der Waals surface area contributed by atoms with Gasteiger partial charge in [-0.15, -0.1) is 0 Å². The van der Waals surface area contributed by atoms with Crippen LogP contribution in [0.4, 0.5) is 65.9 Å². The number of hydrogen-bond donors (Lipinski definition) is 2. The average molecular weight is 488 g/mol. The third kappa shape index (κ3) is 4.53. The Morgan fingerprint density at radius 3 is 1.37 bits per heavy atom. The molecule has 3 nitrogen and oxygen atoms in total. The SMILES string of the molecule is OCC(O)COCCC(F)(F)C(F)(F)C(F)(F)C(F)(F)C(F)(C(F)(F)F)C(F)(F)F. The number of alkyl halides is 15. The van der Waals surface area contributed by atoms with Crippen molar-refractivity contribution in [1.29, 1.82) is 0 Å². The summed E-state index contributed by atoms with van der Waals surface area (Å²) in [6, 6.07) is 0. The Morgan fingerprint density at radius 2 is 1.03 bits per heavy atom. The molecular weight excluding hydrogens is 477 g/mol. The molecule has 0 aliphatic carbocycles. The molecule has 0 aliphatic rings. The van der Waals surface area contributed by atoms with Gasteiger partial charge in [-0.2, -0.15) is 61.5 Å². The molecule has 0 amide bonds.